The van der Waals surface area contributed by atoms with Crippen LogP contribution in [0.3, 0.4) is 0 Å². The van der Waals surface area contributed by atoms with Gasteiger partial charge in [-0.25, -0.2) is 4.39 Å². The molecular weight excluding hydrogens is 405 g/mol. The van der Waals surface area contributed by atoms with E-state index in [4.69, 9.17) is 11.6 Å². The maximum absolute atomic E-state index is 13.1. The molecule has 0 aromatic heterocycles. The van der Waals surface area contributed by atoms with Crippen LogP contribution in [-0.2, 0) is 4.79 Å². The van der Waals surface area contributed by atoms with E-state index in [2.05, 4.69) is 4.90 Å². The maximum Gasteiger partial charge on any atom is 0.255 e. The number of carbonyl (C=O) groups is 2. The van der Waals surface area contributed by atoms with Crippen molar-refractivity contribution in [3.8, 4) is 0 Å². The SMILES string of the molecule is O=C(c1ccccc1Cl)N1CCC(C(=O)N2CCN(c3ccc(F)cc3)CC2)CC1. The first-order valence-corrected chi connectivity index (χ1v) is 10.7. The highest BCUT2D eigenvalue weighted by atomic mass is 35.5. The molecule has 0 saturated carbocycles. The van der Waals surface area contributed by atoms with Crippen molar-refractivity contribution in [1.29, 1.82) is 0 Å². The standard InChI is InChI=1S/C23H25ClFN3O2/c24-21-4-2-1-3-20(21)23(30)27-11-9-17(10-12-27)22(29)28-15-13-26(14-16-28)19-7-5-18(25)6-8-19/h1-8,17H,9-16H2. The van der Waals surface area contributed by atoms with E-state index in [9.17, 15) is 14.0 Å². The molecule has 2 aliphatic rings. The lowest BCUT2D eigenvalue weighted by Crippen LogP contribution is -2.52. The van der Waals surface area contributed by atoms with Gasteiger partial charge in [0.25, 0.3) is 5.91 Å². The summed E-state index contributed by atoms with van der Waals surface area (Å²) in [7, 11) is 0. The first kappa shape index (κ1) is 20.7. The predicted octanol–water partition coefficient (Wildman–Crippen LogP) is 3.68. The number of hydrogen-bond donors (Lipinski definition) is 0. The van der Waals surface area contributed by atoms with Crippen molar-refractivity contribution in [3.63, 3.8) is 0 Å². The molecule has 2 amide bonds. The molecule has 0 atom stereocenters. The smallest absolute Gasteiger partial charge is 0.255 e. The molecule has 2 heterocycles. The van der Waals surface area contributed by atoms with Crippen molar-refractivity contribution >= 4 is 29.1 Å². The Labute approximate surface area is 181 Å². The highest BCUT2D eigenvalue weighted by Gasteiger charge is 2.32. The number of amides is 2. The molecule has 7 heteroatoms. The molecule has 0 spiro atoms. The Bertz CT molecular complexity index is 905. The Morgan fingerprint density at radius 3 is 2.10 bits per heavy atom. The normalized spacial score (nSPS) is 17.9. The lowest BCUT2D eigenvalue weighted by Gasteiger charge is -2.39. The van der Waals surface area contributed by atoms with Crippen LogP contribution in [-0.4, -0.2) is 60.9 Å². The molecular formula is C23H25ClFN3O2. The van der Waals surface area contributed by atoms with E-state index in [1.165, 1.54) is 12.1 Å². The van der Waals surface area contributed by atoms with Crippen molar-refractivity contribution < 1.29 is 14.0 Å². The van der Waals surface area contributed by atoms with Crippen molar-refractivity contribution in [1.82, 2.24) is 9.80 Å². The van der Waals surface area contributed by atoms with Gasteiger partial charge in [-0.2, -0.15) is 0 Å². The molecule has 2 fully saturated rings. The summed E-state index contributed by atoms with van der Waals surface area (Å²) < 4.78 is 13.1. The summed E-state index contributed by atoms with van der Waals surface area (Å²) in [5, 5.41) is 0.458. The van der Waals surface area contributed by atoms with Crippen LogP contribution in [0.2, 0.25) is 5.02 Å². The van der Waals surface area contributed by atoms with E-state index in [-0.39, 0.29) is 23.5 Å². The lowest BCUT2D eigenvalue weighted by atomic mass is 9.94. The second-order valence-corrected chi connectivity index (χ2v) is 8.24. The largest absolute Gasteiger partial charge is 0.368 e. The number of rotatable bonds is 3. The van der Waals surface area contributed by atoms with Gasteiger partial charge in [-0.3, -0.25) is 9.59 Å². The van der Waals surface area contributed by atoms with Gasteiger partial charge >= 0.3 is 0 Å². The Kier molecular flexibility index (Phi) is 6.23. The van der Waals surface area contributed by atoms with Crippen molar-refractivity contribution in [2.75, 3.05) is 44.2 Å². The molecule has 2 aliphatic heterocycles. The summed E-state index contributed by atoms with van der Waals surface area (Å²) in [4.78, 5) is 31.6. The second kappa shape index (κ2) is 9.04. The van der Waals surface area contributed by atoms with Gasteiger partial charge < -0.3 is 14.7 Å². The second-order valence-electron chi connectivity index (χ2n) is 7.84. The molecule has 2 aromatic rings. The third kappa shape index (κ3) is 4.43. The average molecular weight is 430 g/mol. The molecule has 2 saturated heterocycles. The van der Waals surface area contributed by atoms with Crippen LogP contribution in [0, 0.1) is 11.7 Å². The van der Waals surface area contributed by atoms with Gasteiger partial charge in [0.2, 0.25) is 5.91 Å². The minimum absolute atomic E-state index is 0.0438. The van der Waals surface area contributed by atoms with Gasteiger partial charge in [-0.1, -0.05) is 23.7 Å². The van der Waals surface area contributed by atoms with Gasteiger partial charge in [-0.05, 0) is 49.2 Å². The summed E-state index contributed by atoms with van der Waals surface area (Å²) in [5.41, 5.74) is 1.50. The summed E-state index contributed by atoms with van der Waals surface area (Å²) in [6, 6.07) is 13.5. The van der Waals surface area contributed by atoms with E-state index in [0.29, 0.717) is 49.6 Å². The molecule has 0 N–H and O–H groups in total. The van der Waals surface area contributed by atoms with E-state index in [1.807, 2.05) is 4.90 Å². The zero-order valence-electron chi connectivity index (χ0n) is 16.8. The topological polar surface area (TPSA) is 43.9 Å². The van der Waals surface area contributed by atoms with Gasteiger partial charge in [-0.15, -0.1) is 0 Å². The molecule has 5 nitrogen and oxygen atoms in total. The van der Waals surface area contributed by atoms with Gasteiger partial charge in [0.05, 0.1) is 10.6 Å². The molecule has 0 radical (unpaired) electrons. The number of hydrogen-bond acceptors (Lipinski definition) is 3. The number of piperidine rings is 1. The van der Waals surface area contributed by atoms with Crippen LogP contribution in [0.15, 0.2) is 48.5 Å². The fourth-order valence-corrected chi connectivity index (χ4v) is 4.45. The van der Waals surface area contributed by atoms with Gasteiger partial charge in [0.1, 0.15) is 5.82 Å². The number of carbonyl (C=O) groups excluding carboxylic acids is 2. The summed E-state index contributed by atoms with van der Waals surface area (Å²) >= 11 is 6.15. The van der Waals surface area contributed by atoms with Crippen LogP contribution in [0.1, 0.15) is 23.2 Å². The minimum atomic E-state index is -0.244. The monoisotopic (exact) mass is 429 g/mol. The number of piperazine rings is 1. The van der Waals surface area contributed by atoms with Gasteiger partial charge in [0, 0.05) is 50.9 Å². The van der Waals surface area contributed by atoms with Crippen molar-refractivity contribution in [3.05, 3.63) is 64.9 Å². The Morgan fingerprint density at radius 1 is 0.833 bits per heavy atom. The highest BCUT2D eigenvalue weighted by Crippen LogP contribution is 2.25. The minimum Gasteiger partial charge on any atom is -0.368 e. The number of anilines is 1. The molecule has 2 aromatic carbocycles. The van der Waals surface area contributed by atoms with Crippen molar-refractivity contribution in [2.24, 2.45) is 5.92 Å². The summed E-state index contributed by atoms with van der Waals surface area (Å²) in [5.74, 6) is -0.178. The van der Waals surface area contributed by atoms with Crippen LogP contribution in [0.5, 0.6) is 0 Å². The van der Waals surface area contributed by atoms with E-state index in [1.54, 1.807) is 41.3 Å². The lowest BCUT2D eigenvalue weighted by molar-refractivity contribution is -0.137. The third-order valence-electron chi connectivity index (χ3n) is 6.02. The predicted molar refractivity (Wildman–Crippen MR) is 115 cm³/mol. The first-order chi connectivity index (χ1) is 14.5. The van der Waals surface area contributed by atoms with Crippen LogP contribution in [0.25, 0.3) is 0 Å². The number of halogens is 2. The Morgan fingerprint density at radius 2 is 1.47 bits per heavy atom. The molecule has 30 heavy (non-hydrogen) atoms. The molecule has 4 rings (SSSR count). The zero-order valence-corrected chi connectivity index (χ0v) is 17.5. The van der Waals surface area contributed by atoms with Crippen LogP contribution >= 0.6 is 11.6 Å². The van der Waals surface area contributed by atoms with E-state index in [0.717, 1.165) is 18.8 Å². The number of likely N-dealkylation sites (tertiary alicyclic amines) is 1. The fourth-order valence-electron chi connectivity index (χ4n) is 4.23. The number of nitrogens with zero attached hydrogens (tertiary/aromatic N) is 3. The quantitative estimate of drug-likeness (QED) is 0.747. The Balaban J connectivity index is 1.28. The van der Waals surface area contributed by atoms with Crippen LogP contribution < -0.4 is 4.90 Å². The average Bonchev–Trinajstić information content (AvgIpc) is 2.79. The first-order valence-electron chi connectivity index (χ1n) is 10.4. The summed E-state index contributed by atoms with van der Waals surface area (Å²) in [6.07, 6.45) is 1.35. The van der Waals surface area contributed by atoms with Gasteiger partial charge in [0.15, 0.2) is 0 Å². The Hall–Kier alpha value is -2.60. The maximum atomic E-state index is 13.1. The van der Waals surface area contributed by atoms with E-state index >= 15 is 0 Å². The zero-order chi connectivity index (χ0) is 21.1. The number of benzene rings is 2. The fraction of sp³-hybridized carbons (Fsp3) is 0.391. The van der Waals surface area contributed by atoms with E-state index < -0.39 is 0 Å². The molecule has 0 bridgehead atoms. The third-order valence-corrected chi connectivity index (χ3v) is 6.35. The molecule has 158 valence electrons. The molecule has 0 unspecified atom stereocenters. The van der Waals surface area contributed by atoms with Crippen LogP contribution in [0.4, 0.5) is 10.1 Å². The highest BCUT2D eigenvalue weighted by molar-refractivity contribution is 6.33. The molecule has 0 aliphatic carbocycles. The summed E-state index contributed by atoms with van der Waals surface area (Å²) in [6.45, 7) is 3.93. The van der Waals surface area contributed by atoms with Crippen molar-refractivity contribution in [2.45, 2.75) is 12.8 Å².